The first-order valence-electron chi connectivity index (χ1n) is 17.3. The van der Waals surface area contributed by atoms with Crippen molar-refractivity contribution in [2.45, 2.75) is 115 Å². The van der Waals surface area contributed by atoms with Gasteiger partial charge in [-0.3, -0.25) is 0 Å². The topological polar surface area (TPSA) is 18.5 Å². The van der Waals surface area contributed by atoms with Crippen LogP contribution in [0.2, 0.25) is 0 Å². The van der Waals surface area contributed by atoms with Crippen LogP contribution in [0.4, 0.5) is 0 Å². The molecule has 236 valence electrons. The van der Waals surface area contributed by atoms with Crippen LogP contribution < -0.4 is 0 Å². The molecule has 0 aliphatic heterocycles. The van der Waals surface area contributed by atoms with Crippen LogP contribution in [0, 0.1) is 0 Å². The Morgan fingerprint density at radius 1 is 0.535 bits per heavy atom. The van der Waals surface area contributed by atoms with E-state index in [2.05, 4.69) is 105 Å². The van der Waals surface area contributed by atoms with E-state index < -0.39 is 0 Å². The summed E-state index contributed by atoms with van der Waals surface area (Å²) in [7, 11) is 0. The highest BCUT2D eigenvalue weighted by atomic mass is 32.2. The lowest BCUT2D eigenvalue weighted by molar-refractivity contribution is 0.0000712. The van der Waals surface area contributed by atoms with Gasteiger partial charge >= 0.3 is 0 Å². The summed E-state index contributed by atoms with van der Waals surface area (Å²) in [6.07, 6.45) is 19.3. The molecule has 0 aliphatic rings. The van der Waals surface area contributed by atoms with Gasteiger partial charge in [0.1, 0.15) is 0 Å². The van der Waals surface area contributed by atoms with Gasteiger partial charge < -0.3 is 9.47 Å². The van der Waals surface area contributed by atoms with Gasteiger partial charge in [0.05, 0.1) is 17.5 Å². The molecule has 0 N–H and O–H groups in total. The smallest absolute Gasteiger partial charge is 0.0907 e. The van der Waals surface area contributed by atoms with Crippen LogP contribution in [0.15, 0.2) is 91.0 Å². The lowest BCUT2D eigenvalue weighted by Crippen LogP contribution is -2.30. The maximum atomic E-state index is 6.22. The van der Waals surface area contributed by atoms with Gasteiger partial charge in [-0.1, -0.05) is 181 Å². The third kappa shape index (κ3) is 12.8. The molecule has 0 aliphatic carbocycles. The van der Waals surface area contributed by atoms with E-state index in [1.54, 1.807) is 0 Å². The van der Waals surface area contributed by atoms with Gasteiger partial charge in [-0.2, -0.15) is 0 Å². The van der Waals surface area contributed by atoms with Crippen LogP contribution in [-0.4, -0.2) is 31.7 Å². The number of unbranched alkanes of at least 4 members (excludes halogenated alkanes) is 13. The highest BCUT2D eigenvalue weighted by molar-refractivity contribution is 8.00. The van der Waals surface area contributed by atoms with E-state index >= 15 is 0 Å². The molecule has 0 heterocycles. The van der Waals surface area contributed by atoms with E-state index in [0.29, 0.717) is 13.2 Å². The number of benzene rings is 3. The summed E-state index contributed by atoms with van der Waals surface area (Å²) in [5.74, 6) is 0.852. The average molecular weight is 603 g/mol. The van der Waals surface area contributed by atoms with Crippen molar-refractivity contribution in [1.82, 2.24) is 0 Å². The zero-order valence-electron chi connectivity index (χ0n) is 27.2. The number of ether oxygens (including phenoxy) is 2. The molecule has 3 aromatic rings. The van der Waals surface area contributed by atoms with Crippen molar-refractivity contribution >= 4 is 11.8 Å². The molecule has 0 radical (unpaired) electrons. The van der Waals surface area contributed by atoms with Crippen molar-refractivity contribution in [1.29, 1.82) is 0 Å². The molecule has 0 aromatic heterocycles. The predicted molar refractivity (Wildman–Crippen MR) is 188 cm³/mol. The quantitative estimate of drug-likeness (QED) is 0.0710. The molecule has 1 atom stereocenters. The van der Waals surface area contributed by atoms with Gasteiger partial charge in [0, 0.05) is 19.0 Å². The molecule has 43 heavy (non-hydrogen) atoms. The van der Waals surface area contributed by atoms with Gasteiger partial charge in [-0.15, -0.1) is 11.8 Å². The Hall–Kier alpha value is -2.07. The minimum Gasteiger partial charge on any atom is -0.379 e. The zero-order valence-corrected chi connectivity index (χ0v) is 28.0. The van der Waals surface area contributed by atoms with Crippen molar-refractivity contribution in [3.63, 3.8) is 0 Å². The second-order valence-electron chi connectivity index (χ2n) is 11.8. The van der Waals surface area contributed by atoms with Gasteiger partial charge in [0.15, 0.2) is 0 Å². The summed E-state index contributed by atoms with van der Waals surface area (Å²) in [5.41, 5.74) is 3.86. The van der Waals surface area contributed by atoms with Crippen LogP contribution >= 0.6 is 11.8 Å². The molecule has 0 fully saturated rings. The fourth-order valence-electron chi connectivity index (χ4n) is 5.98. The van der Waals surface area contributed by atoms with Crippen LogP contribution in [0.3, 0.4) is 0 Å². The summed E-state index contributed by atoms with van der Waals surface area (Å²) in [5, 5.41) is 0. The van der Waals surface area contributed by atoms with E-state index in [1.807, 2.05) is 11.8 Å². The zero-order chi connectivity index (χ0) is 30.3. The Morgan fingerprint density at radius 3 is 1.33 bits per heavy atom. The number of hydrogen-bond acceptors (Lipinski definition) is 3. The molecular formula is C40H58O2S. The minimum absolute atomic E-state index is 0.0529. The first-order valence-corrected chi connectivity index (χ1v) is 18.3. The summed E-state index contributed by atoms with van der Waals surface area (Å²) >= 11 is 1.96. The SMILES string of the molecule is CCCCCCCCCCCCCCCCOCC(CSC(c1ccccc1)(c1ccccc1)c1ccccc1)OCC. The predicted octanol–water partition coefficient (Wildman–Crippen LogP) is 11.6. The Morgan fingerprint density at radius 2 is 0.930 bits per heavy atom. The fraction of sp³-hybridized carbons (Fsp3) is 0.550. The van der Waals surface area contributed by atoms with Crippen LogP contribution in [0.25, 0.3) is 0 Å². The molecule has 0 spiro atoms. The Balaban J connectivity index is 1.43. The average Bonchev–Trinajstić information content (AvgIpc) is 3.06. The lowest BCUT2D eigenvalue weighted by atomic mass is 9.84. The molecule has 3 aromatic carbocycles. The van der Waals surface area contributed by atoms with Crippen molar-refractivity contribution < 1.29 is 9.47 Å². The largest absolute Gasteiger partial charge is 0.379 e. The molecule has 3 rings (SSSR count). The summed E-state index contributed by atoms with van der Waals surface area (Å²) < 4.78 is 12.1. The van der Waals surface area contributed by atoms with E-state index in [1.165, 1.54) is 100 Å². The highest BCUT2D eigenvalue weighted by Crippen LogP contribution is 2.48. The van der Waals surface area contributed by atoms with Crippen LogP contribution in [0.1, 0.15) is 120 Å². The van der Waals surface area contributed by atoms with E-state index in [4.69, 9.17) is 9.47 Å². The molecule has 3 heteroatoms. The second-order valence-corrected chi connectivity index (χ2v) is 13.1. The molecular weight excluding hydrogens is 545 g/mol. The van der Waals surface area contributed by atoms with E-state index in [0.717, 1.165) is 18.8 Å². The van der Waals surface area contributed by atoms with Crippen LogP contribution in [0.5, 0.6) is 0 Å². The minimum atomic E-state index is -0.326. The normalized spacial score (nSPS) is 12.4. The van der Waals surface area contributed by atoms with Gasteiger partial charge in [-0.05, 0) is 30.0 Å². The standard InChI is InChI=1S/C40H58O2S/c1-3-5-6-7-8-9-10-11-12-13-14-15-16-26-33-41-34-39(42-4-2)35-43-40(36-27-20-17-21-28-36,37-29-22-18-23-30-37)38-31-24-19-25-32-38/h17-25,27-32,39H,3-16,26,33-35H2,1-2H3. The molecule has 0 saturated carbocycles. The number of hydrogen-bond donors (Lipinski definition) is 0. The van der Waals surface area contributed by atoms with Crippen molar-refractivity contribution in [3.8, 4) is 0 Å². The van der Waals surface area contributed by atoms with Gasteiger partial charge in [0.2, 0.25) is 0 Å². The fourth-order valence-corrected chi connectivity index (χ4v) is 7.52. The summed E-state index contributed by atoms with van der Waals surface area (Å²) in [4.78, 5) is 0. The second kappa shape index (κ2) is 22.4. The Labute approximate surface area is 268 Å². The van der Waals surface area contributed by atoms with Gasteiger partial charge in [-0.25, -0.2) is 0 Å². The maximum absolute atomic E-state index is 6.22. The first-order chi connectivity index (χ1) is 21.3. The third-order valence-corrected chi connectivity index (χ3v) is 10.1. The summed E-state index contributed by atoms with van der Waals surface area (Å²) in [6, 6.07) is 32.7. The first kappa shape index (κ1) is 35.4. The maximum Gasteiger partial charge on any atom is 0.0907 e. The molecule has 1 unspecified atom stereocenters. The number of rotatable bonds is 25. The van der Waals surface area contributed by atoms with Crippen LogP contribution in [-0.2, 0) is 14.2 Å². The van der Waals surface area contributed by atoms with Crippen molar-refractivity contribution in [2.75, 3.05) is 25.6 Å². The molecule has 0 saturated heterocycles. The van der Waals surface area contributed by atoms with Crippen molar-refractivity contribution in [2.24, 2.45) is 0 Å². The Kier molecular flexibility index (Phi) is 18.5. The lowest BCUT2D eigenvalue weighted by Gasteiger charge is -2.36. The number of thioether (sulfide) groups is 1. The molecule has 0 amide bonds. The summed E-state index contributed by atoms with van der Waals surface area (Å²) in [6.45, 7) is 6.55. The molecule has 2 nitrogen and oxygen atoms in total. The monoisotopic (exact) mass is 602 g/mol. The Bertz CT molecular complexity index is 943. The highest BCUT2D eigenvalue weighted by Gasteiger charge is 2.37. The third-order valence-electron chi connectivity index (χ3n) is 8.38. The van der Waals surface area contributed by atoms with E-state index in [9.17, 15) is 0 Å². The van der Waals surface area contributed by atoms with E-state index in [-0.39, 0.29) is 10.9 Å². The van der Waals surface area contributed by atoms with Gasteiger partial charge in [0.25, 0.3) is 0 Å². The van der Waals surface area contributed by atoms with Crippen molar-refractivity contribution in [3.05, 3.63) is 108 Å². The molecule has 0 bridgehead atoms.